The molecule has 0 fully saturated rings. The molecule has 0 bridgehead atoms. The van der Waals surface area contributed by atoms with Crippen molar-refractivity contribution in [3.8, 4) is 0 Å². The van der Waals surface area contributed by atoms with E-state index in [1.165, 1.54) is 35.6 Å². The van der Waals surface area contributed by atoms with Crippen LogP contribution in [0.1, 0.15) is 32.1 Å². The molecule has 0 saturated heterocycles. The van der Waals surface area contributed by atoms with Crippen molar-refractivity contribution in [2.45, 2.75) is 43.8 Å². The van der Waals surface area contributed by atoms with Gasteiger partial charge in [-0.2, -0.15) is 0 Å². The van der Waals surface area contributed by atoms with Crippen molar-refractivity contribution in [1.82, 2.24) is 20.1 Å². The minimum absolute atomic E-state index is 0.104. The minimum atomic E-state index is -1.24. The molecule has 1 unspecified atom stereocenters. The van der Waals surface area contributed by atoms with E-state index in [1.54, 1.807) is 0 Å². The highest BCUT2D eigenvalue weighted by Gasteiger charge is 2.11. The van der Waals surface area contributed by atoms with Crippen LogP contribution in [0.25, 0.3) is 0 Å². The molecule has 1 aromatic heterocycles. The van der Waals surface area contributed by atoms with Crippen LogP contribution in [-0.4, -0.2) is 37.7 Å². The second-order valence-corrected chi connectivity index (χ2v) is 6.18. The topological polar surface area (TPSA) is 76.9 Å². The predicted molar refractivity (Wildman–Crippen MR) is 76.5 cm³/mol. The van der Waals surface area contributed by atoms with E-state index in [2.05, 4.69) is 21.6 Å². The van der Waals surface area contributed by atoms with E-state index in [0.717, 1.165) is 19.3 Å². The van der Waals surface area contributed by atoms with Gasteiger partial charge in [0.05, 0.1) is 10.8 Å². The Bertz CT molecular complexity index is 524. The standard InChI is InChI=1S/C13H20N4O2S/c1-20(19)13-16-15-10-17(13)9-12(18)14-8-7-11-5-3-2-4-6-11/h5,10H,2-4,6-9H2,1H3,(H,14,18). The number of aromatic nitrogens is 3. The fraction of sp³-hybridized carbons (Fsp3) is 0.615. The molecule has 110 valence electrons. The molecule has 1 amide bonds. The molecule has 1 aromatic rings. The first-order valence-corrected chi connectivity index (χ1v) is 8.38. The SMILES string of the molecule is CS(=O)c1nncn1CC(=O)NCCC1=CCCCC1. The average molecular weight is 296 g/mol. The van der Waals surface area contributed by atoms with Crippen LogP contribution in [0, 0.1) is 0 Å². The van der Waals surface area contributed by atoms with Crippen LogP contribution in [0.3, 0.4) is 0 Å². The third-order valence-corrected chi connectivity index (χ3v) is 4.13. The van der Waals surface area contributed by atoms with Gasteiger partial charge >= 0.3 is 0 Å². The van der Waals surface area contributed by atoms with Crippen LogP contribution in [0.4, 0.5) is 0 Å². The summed E-state index contributed by atoms with van der Waals surface area (Å²) in [5.74, 6) is -0.104. The molecule has 1 aliphatic carbocycles. The van der Waals surface area contributed by atoms with Gasteiger partial charge in [-0.25, -0.2) is 0 Å². The number of nitrogens with one attached hydrogen (secondary N) is 1. The minimum Gasteiger partial charge on any atom is -0.354 e. The number of amides is 1. The Morgan fingerprint density at radius 3 is 3.05 bits per heavy atom. The lowest BCUT2D eigenvalue weighted by Gasteiger charge is -2.13. The van der Waals surface area contributed by atoms with Gasteiger partial charge in [0.1, 0.15) is 12.9 Å². The van der Waals surface area contributed by atoms with E-state index in [0.29, 0.717) is 11.7 Å². The van der Waals surface area contributed by atoms with E-state index in [-0.39, 0.29) is 12.5 Å². The zero-order valence-electron chi connectivity index (χ0n) is 11.7. The third-order valence-electron chi connectivity index (χ3n) is 3.30. The van der Waals surface area contributed by atoms with Crippen molar-refractivity contribution >= 4 is 16.7 Å². The van der Waals surface area contributed by atoms with Gasteiger partial charge in [0.2, 0.25) is 11.1 Å². The number of nitrogens with zero attached hydrogens (tertiary/aromatic N) is 3. The first-order chi connectivity index (χ1) is 9.66. The van der Waals surface area contributed by atoms with E-state index in [9.17, 15) is 9.00 Å². The molecule has 0 aliphatic heterocycles. The Hall–Kier alpha value is -1.50. The van der Waals surface area contributed by atoms with Crippen LogP contribution in [-0.2, 0) is 22.1 Å². The van der Waals surface area contributed by atoms with Gasteiger partial charge in [-0.3, -0.25) is 13.6 Å². The van der Waals surface area contributed by atoms with Gasteiger partial charge in [-0.15, -0.1) is 10.2 Å². The first kappa shape index (κ1) is 14.9. The summed E-state index contributed by atoms with van der Waals surface area (Å²) in [6, 6.07) is 0. The molecule has 0 aromatic carbocycles. The molecule has 2 rings (SSSR count). The molecule has 1 heterocycles. The van der Waals surface area contributed by atoms with Crippen LogP contribution < -0.4 is 5.32 Å². The summed E-state index contributed by atoms with van der Waals surface area (Å²) in [4.78, 5) is 11.8. The molecule has 1 atom stereocenters. The number of rotatable bonds is 6. The maximum atomic E-state index is 11.8. The van der Waals surface area contributed by atoms with E-state index < -0.39 is 10.8 Å². The molecule has 1 N–H and O–H groups in total. The average Bonchev–Trinajstić information content (AvgIpc) is 2.88. The van der Waals surface area contributed by atoms with Gasteiger partial charge in [0.15, 0.2) is 0 Å². The second-order valence-electron chi connectivity index (χ2n) is 4.90. The second kappa shape index (κ2) is 7.33. The van der Waals surface area contributed by atoms with Gasteiger partial charge in [-0.1, -0.05) is 11.6 Å². The highest BCUT2D eigenvalue weighted by atomic mass is 32.2. The molecule has 0 radical (unpaired) electrons. The lowest BCUT2D eigenvalue weighted by Crippen LogP contribution is -2.29. The third kappa shape index (κ3) is 4.26. The predicted octanol–water partition coefficient (Wildman–Crippen LogP) is 1.02. The Labute approximate surface area is 121 Å². The lowest BCUT2D eigenvalue weighted by molar-refractivity contribution is -0.121. The Balaban J connectivity index is 1.76. The zero-order valence-corrected chi connectivity index (χ0v) is 12.5. The Morgan fingerprint density at radius 1 is 1.50 bits per heavy atom. The van der Waals surface area contributed by atoms with Crippen molar-refractivity contribution in [1.29, 1.82) is 0 Å². The maximum absolute atomic E-state index is 11.8. The quantitative estimate of drug-likeness (QED) is 0.795. The largest absolute Gasteiger partial charge is 0.354 e. The Kier molecular flexibility index (Phi) is 5.46. The van der Waals surface area contributed by atoms with Crippen molar-refractivity contribution in [2.24, 2.45) is 0 Å². The number of allylic oxidation sites excluding steroid dienone is 1. The highest BCUT2D eigenvalue weighted by Crippen LogP contribution is 2.19. The van der Waals surface area contributed by atoms with Gasteiger partial charge in [-0.05, 0) is 32.1 Å². The molecular weight excluding hydrogens is 276 g/mol. The zero-order chi connectivity index (χ0) is 14.4. The molecular formula is C13H20N4O2S. The van der Waals surface area contributed by atoms with Gasteiger partial charge in [0, 0.05) is 12.8 Å². The molecule has 0 spiro atoms. The lowest BCUT2D eigenvalue weighted by atomic mass is 9.97. The fourth-order valence-corrected chi connectivity index (χ4v) is 2.88. The summed E-state index contributed by atoms with van der Waals surface area (Å²) in [5, 5.41) is 10.6. The van der Waals surface area contributed by atoms with Gasteiger partial charge in [0.25, 0.3) is 0 Å². The molecule has 0 saturated carbocycles. The summed E-state index contributed by atoms with van der Waals surface area (Å²) in [6.07, 6.45) is 11.0. The molecule has 6 nitrogen and oxygen atoms in total. The summed E-state index contributed by atoms with van der Waals surface area (Å²) < 4.78 is 12.9. The number of carbonyl (C=O) groups is 1. The number of carbonyl (C=O) groups excluding carboxylic acids is 1. The first-order valence-electron chi connectivity index (χ1n) is 6.82. The molecule has 20 heavy (non-hydrogen) atoms. The smallest absolute Gasteiger partial charge is 0.240 e. The summed E-state index contributed by atoms with van der Waals surface area (Å²) in [6.45, 7) is 0.762. The summed E-state index contributed by atoms with van der Waals surface area (Å²) in [7, 11) is -1.24. The van der Waals surface area contributed by atoms with Crippen molar-refractivity contribution in [3.63, 3.8) is 0 Å². The van der Waals surface area contributed by atoms with Crippen LogP contribution in [0.5, 0.6) is 0 Å². The van der Waals surface area contributed by atoms with Crippen LogP contribution >= 0.6 is 0 Å². The number of hydrogen-bond donors (Lipinski definition) is 1. The van der Waals surface area contributed by atoms with Crippen molar-refractivity contribution < 1.29 is 9.00 Å². The van der Waals surface area contributed by atoms with E-state index in [1.807, 2.05) is 0 Å². The number of hydrogen-bond acceptors (Lipinski definition) is 4. The van der Waals surface area contributed by atoms with Crippen molar-refractivity contribution in [2.75, 3.05) is 12.8 Å². The normalized spacial score (nSPS) is 16.6. The van der Waals surface area contributed by atoms with Crippen LogP contribution in [0.2, 0.25) is 0 Å². The summed E-state index contributed by atoms with van der Waals surface area (Å²) in [5.41, 5.74) is 1.44. The maximum Gasteiger partial charge on any atom is 0.240 e. The Morgan fingerprint density at radius 2 is 2.35 bits per heavy atom. The monoisotopic (exact) mass is 296 g/mol. The van der Waals surface area contributed by atoms with E-state index in [4.69, 9.17) is 0 Å². The molecule has 1 aliphatic rings. The molecule has 7 heteroatoms. The van der Waals surface area contributed by atoms with E-state index >= 15 is 0 Å². The van der Waals surface area contributed by atoms with Crippen molar-refractivity contribution in [3.05, 3.63) is 18.0 Å². The summed E-state index contributed by atoms with van der Waals surface area (Å²) >= 11 is 0. The van der Waals surface area contributed by atoms with Crippen LogP contribution in [0.15, 0.2) is 23.1 Å². The highest BCUT2D eigenvalue weighted by molar-refractivity contribution is 7.84. The fourth-order valence-electron chi connectivity index (χ4n) is 2.28. The van der Waals surface area contributed by atoms with Gasteiger partial charge < -0.3 is 5.32 Å².